The van der Waals surface area contributed by atoms with Gasteiger partial charge in [-0.1, -0.05) is 41.9 Å². The van der Waals surface area contributed by atoms with E-state index in [-0.39, 0.29) is 25.2 Å². The number of rotatable bonds is 5. The maximum Gasteiger partial charge on any atom is 0.248 e. The zero-order chi connectivity index (χ0) is 27.5. The van der Waals surface area contributed by atoms with E-state index in [1.54, 1.807) is 30.3 Å². The van der Waals surface area contributed by atoms with E-state index in [1.807, 2.05) is 47.5 Å². The maximum atomic E-state index is 14.0. The molecule has 3 amide bonds. The van der Waals surface area contributed by atoms with Crippen LogP contribution in [-0.4, -0.2) is 47.5 Å². The second-order valence-electron chi connectivity index (χ2n) is 10.1. The Hall–Kier alpha value is -4.50. The Morgan fingerprint density at radius 1 is 1.02 bits per heavy atom. The van der Waals surface area contributed by atoms with E-state index in [1.165, 1.54) is 12.0 Å². The number of ether oxygens (including phenoxy) is 3. The largest absolute Gasteiger partial charge is 0.495 e. The van der Waals surface area contributed by atoms with Crippen LogP contribution in [0.2, 0.25) is 5.02 Å². The minimum absolute atomic E-state index is 0.0714. The molecule has 1 N–H and O–H groups in total. The highest BCUT2D eigenvalue weighted by Gasteiger charge is 2.64. The highest BCUT2D eigenvalue weighted by atomic mass is 35.5. The Morgan fingerprint density at radius 3 is 2.67 bits per heavy atom. The van der Waals surface area contributed by atoms with Crippen molar-refractivity contribution in [2.45, 2.75) is 18.6 Å². The first kappa shape index (κ1) is 24.5. The number of carbonyl (C=O) groups is 3. The molecule has 4 atom stereocenters. The SMILES string of the molecule is COc1ccc(Cl)cc1NC(=O)[C@@H]1[C@@H]2C(=O)N(Cc3ccc4c(c3)OCO4)C(=O)[C@H]2[C@@H]2c3ccccc3C=CN12. The van der Waals surface area contributed by atoms with Crippen LogP contribution in [0.15, 0.2) is 66.9 Å². The number of methoxy groups -OCH3 is 1. The van der Waals surface area contributed by atoms with E-state index < -0.39 is 29.8 Å². The number of likely N-dealkylation sites (tertiary alicyclic amines) is 1. The normalized spacial score (nSPS) is 23.6. The number of anilines is 1. The number of nitrogens with zero attached hydrogens (tertiary/aromatic N) is 2. The number of amides is 3. The topological polar surface area (TPSA) is 97.4 Å². The van der Waals surface area contributed by atoms with Crippen molar-refractivity contribution in [2.24, 2.45) is 11.8 Å². The van der Waals surface area contributed by atoms with Crippen LogP contribution < -0.4 is 19.5 Å². The summed E-state index contributed by atoms with van der Waals surface area (Å²) in [7, 11) is 1.50. The van der Waals surface area contributed by atoms with Crippen LogP contribution >= 0.6 is 11.6 Å². The van der Waals surface area contributed by atoms with E-state index in [2.05, 4.69) is 5.32 Å². The quantitative estimate of drug-likeness (QED) is 0.469. The van der Waals surface area contributed by atoms with E-state index in [0.717, 1.165) is 16.7 Å². The third kappa shape index (κ3) is 3.72. The number of carbonyl (C=O) groups excluding carboxylic acids is 3. The molecule has 10 heteroatoms. The summed E-state index contributed by atoms with van der Waals surface area (Å²) in [6, 6.07) is 16.6. The Morgan fingerprint density at radius 2 is 1.82 bits per heavy atom. The molecular weight excluding hydrogens is 534 g/mol. The van der Waals surface area contributed by atoms with Gasteiger partial charge < -0.3 is 24.4 Å². The third-order valence-electron chi connectivity index (χ3n) is 8.02. The van der Waals surface area contributed by atoms with E-state index in [4.69, 9.17) is 25.8 Å². The molecule has 0 saturated carbocycles. The van der Waals surface area contributed by atoms with Crippen LogP contribution in [0, 0.1) is 11.8 Å². The van der Waals surface area contributed by atoms with Crippen molar-refractivity contribution in [1.82, 2.24) is 9.80 Å². The van der Waals surface area contributed by atoms with Crippen LogP contribution in [0.3, 0.4) is 0 Å². The number of hydrogen-bond donors (Lipinski definition) is 1. The lowest BCUT2D eigenvalue weighted by Crippen LogP contribution is -2.46. The summed E-state index contributed by atoms with van der Waals surface area (Å²) in [6.45, 7) is 0.200. The summed E-state index contributed by atoms with van der Waals surface area (Å²) in [5.41, 5.74) is 2.98. The van der Waals surface area contributed by atoms with Gasteiger partial charge in [0.25, 0.3) is 0 Å². The van der Waals surface area contributed by atoms with Gasteiger partial charge in [0.15, 0.2) is 11.5 Å². The molecule has 0 radical (unpaired) electrons. The molecule has 3 aromatic carbocycles. The zero-order valence-corrected chi connectivity index (χ0v) is 22.1. The Bertz CT molecular complexity index is 1610. The second-order valence-corrected chi connectivity index (χ2v) is 10.6. The number of nitrogens with one attached hydrogen (secondary N) is 1. The van der Waals surface area contributed by atoms with Gasteiger partial charge in [-0.05, 0) is 53.1 Å². The first-order chi connectivity index (χ1) is 19.4. The van der Waals surface area contributed by atoms with Gasteiger partial charge in [-0.25, -0.2) is 0 Å². The minimum Gasteiger partial charge on any atom is -0.495 e. The number of halogens is 1. The van der Waals surface area contributed by atoms with Crippen LogP contribution in [0.5, 0.6) is 17.2 Å². The predicted octanol–water partition coefficient (Wildman–Crippen LogP) is 4.23. The molecule has 0 bridgehead atoms. The molecule has 9 nitrogen and oxygen atoms in total. The van der Waals surface area contributed by atoms with Crippen molar-refractivity contribution in [3.05, 3.63) is 88.6 Å². The van der Waals surface area contributed by atoms with Gasteiger partial charge in [-0.2, -0.15) is 0 Å². The smallest absolute Gasteiger partial charge is 0.248 e. The van der Waals surface area contributed by atoms with Crippen LogP contribution in [0.25, 0.3) is 6.08 Å². The van der Waals surface area contributed by atoms with Crippen molar-refractivity contribution < 1.29 is 28.6 Å². The molecule has 0 spiro atoms. The fourth-order valence-electron chi connectivity index (χ4n) is 6.28. The first-order valence-electron chi connectivity index (χ1n) is 12.9. The monoisotopic (exact) mass is 557 g/mol. The average molecular weight is 558 g/mol. The van der Waals surface area contributed by atoms with Crippen molar-refractivity contribution in [3.63, 3.8) is 0 Å². The van der Waals surface area contributed by atoms with Gasteiger partial charge in [0.05, 0.1) is 37.2 Å². The van der Waals surface area contributed by atoms with Gasteiger partial charge in [0.1, 0.15) is 11.8 Å². The lowest BCUT2D eigenvalue weighted by molar-refractivity contribution is -0.143. The van der Waals surface area contributed by atoms with E-state index >= 15 is 0 Å². The van der Waals surface area contributed by atoms with Gasteiger partial charge in [0.2, 0.25) is 24.5 Å². The molecular formula is C30H24ClN3O6. The molecule has 0 aromatic heterocycles. The van der Waals surface area contributed by atoms with Gasteiger partial charge in [0, 0.05) is 11.2 Å². The lowest BCUT2D eigenvalue weighted by Gasteiger charge is -2.35. The first-order valence-corrected chi connectivity index (χ1v) is 13.2. The van der Waals surface area contributed by atoms with Crippen molar-refractivity contribution in [3.8, 4) is 17.2 Å². The van der Waals surface area contributed by atoms with Gasteiger partial charge >= 0.3 is 0 Å². The summed E-state index contributed by atoms with van der Waals surface area (Å²) in [4.78, 5) is 45.1. The molecule has 40 heavy (non-hydrogen) atoms. The standard InChI is InChI=1S/C30H24ClN3O6/c1-38-21-9-7-18(31)13-20(21)32-28(35)27-25-24(26-19-5-3-2-4-17(19)10-11-33(26)27)29(36)34(30(25)37)14-16-6-8-22-23(12-16)40-15-39-22/h2-13,24-27H,14-15H2,1H3,(H,32,35)/t24-,25-,26+,27+/m1/s1. The van der Waals surface area contributed by atoms with Crippen LogP contribution in [0.1, 0.15) is 22.7 Å². The predicted molar refractivity (Wildman–Crippen MR) is 146 cm³/mol. The number of benzene rings is 3. The molecule has 2 saturated heterocycles. The molecule has 0 unspecified atom stereocenters. The molecule has 4 aliphatic heterocycles. The van der Waals surface area contributed by atoms with E-state index in [0.29, 0.717) is 28.0 Å². The molecule has 4 heterocycles. The lowest BCUT2D eigenvalue weighted by atomic mass is 9.84. The van der Waals surface area contributed by atoms with E-state index in [9.17, 15) is 14.4 Å². The van der Waals surface area contributed by atoms with Crippen LogP contribution in [-0.2, 0) is 20.9 Å². The summed E-state index contributed by atoms with van der Waals surface area (Å²) in [6.07, 6.45) is 3.72. The Labute approximate surface area is 234 Å². The molecule has 7 rings (SSSR count). The second kappa shape index (κ2) is 9.31. The summed E-state index contributed by atoms with van der Waals surface area (Å²) in [5.74, 6) is -1.10. The minimum atomic E-state index is -0.929. The average Bonchev–Trinajstić information content (AvgIpc) is 3.63. The number of imide groups is 1. The molecule has 4 aliphatic rings. The molecule has 2 fully saturated rings. The highest BCUT2D eigenvalue weighted by Crippen LogP contribution is 2.53. The third-order valence-corrected chi connectivity index (χ3v) is 8.25. The zero-order valence-electron chi connectivity index (χ0n) is 21.4. The van der Waals surface area contributed by atoms with Gasteiger partial charge in [-0.3, -0.25) is 19.3 Å². The summed E-state index contributed by atoms with van der Waals surface area (Å²) < 4.78 is 16.3. The Kier molecular flexibility index (Phi) is 5.71. The number of fused-ring (bicyclic) bond motifs is 6. The van der Waals surface area contributed by atoms with Gasteiger partial charge in [-0.15, -0.1) is 0 Å². The molecule has 202 valence electrons. The Balaban J connectivity index is 1.26. The summed E-state index contributed by atoms with van der Waals surface area (Å²) >= 11 is 6.20. The highest BCUT2D eigenvalue weighted by molar-refractivity contribution is 6.31. The fourth-order valence-corrected chi connectivity index (χ4v) is 6.45. The summed E-state index contributed by atoms with van der Waals surface area (Å²) in [5, 5.41) is 3.33. The molecule has 0 aliphatic carbocycles. The molecule has 3 aromatic rings. The van der Waals surface area contributed by atoms with Crippen molar-refractivity contribution >= 4 is 41.1 Å². The fraction of sp³-hybridized carbons (Fsp3) is 0.233. The number of hydrogen-bond acceptors (Lipinski definition) is 7. The van der Waals surface area contributed by atoms with Crippen LogP contribution in [0.4, 0.5) is 5.69 Å². The van der Waals surface area contributed by atoms with Crippen molar-refractivity contribution in [2.75, 3.05) is 19.2 Å². The van der Waals surface area contributed by atoms with Crippen molar-refractivity contribution in [1.29, 1.82) is 0 Å². The maximum absolute atomic E-state index is 14.0.